The molecule has 1 heterocycles. The Hall–Kier alpha value is -3.10. The number of anilines is 1. The number of benzene rings is 1. The van der Waals surface area contributed by atoms with Crippen LogP contribution in [0.1, 0.15) is 56.8 Å². The van der Waals surface area contributed by atoms with E-state index < -0.39 is 11.5 Å². The van der Waals surface area contributed by atoms with Gasteiger partial charge in [0.2, 0.25) is 11.8 Å². The maximum atomic E-state index is 12.6. The van der Waals surface area contributed by atoms with Gasteiger partial charge in [0, 0.05) is 32.5 Å². The van der Waals surface area contributed by atoms with Crippen LogP contribution < -0.4 is 16.4 Å². The van der Waals surface area contributed by atoms with E-state index in [0.29, 0.717) is 43.6 Å². The molecule has 0 atom stereocenters. The summed E-state index contributed by atoms with van der Waals surface area (Å²) in [5.41, 5.74) is 5.28. The Labute approximate surface area is 182 Å². The van der Waals surface area contributed by atoms with Gasteiger partial charge in [0.25, 0.3) is 5.91 Å². The quantitative estimate of drug-likeness (QED) is 0.608. The van der Waals surface area contributed by atoms with Crippen molar-refractivity contribution in [2.24, 2.45) is 11.7 Å². The molecule has 31 heavy (non-hydrogen) atoms. The highest BCUT2D eigenvalue weighted by molar-refractivity contribution is 6.03. The molecule has 0 aromatic heterocycles. The van der Waals surface area contributed by atoms with Crippen LogP contribution in [0.5, 0.6) is 0 Å². The van der Waals surface area contributed by atoms with E-state index in [9.17, 15) is 19.2 Å². The lowest BCUT2D eigenvalue weighted by Gasteiger charge is -2.33. The van der Waals surface area contributed by atoms with Crippen LogP contribution in [0, 0.1) is 5.92 Å². The normalized spacial score (nSPS) is 14.6. The number of likely N-dealkylation sites (tertiary alicyclic amines) is 1. The fourth-order valence-corrected chi connectivity index (χ4v) is 3.29. The molecule has 4 amide bonds. The molecule has 0 saturated carbocycles. The Kier molecular flexibility index (Phi) is 8.41. The highest BCUT2D eigenvalue weighted by atomic mass is 16.6. The van der Waals surface area contributed by atoms with Gasteiger partial charge in [0.1, 0.15) is 5.60 Å². The minimum Gasteiger partial charge on any atom is -0.444 e. The van der Waals surface area contributed by atoms with Crippen molar-refractivity contribution in [3.05, 3.63) is 29.8 Å². The van der Waals surface area contributed by atoms with Gasteiger partial charge in [0.05, 0.1) is 11.3 Å². The number of nitrogens with two attached hydrogens (primary N) is 1. The van der Waals surface area contributed by atoms with E-state index in [1.807, 2.05) is 20.8 Å². The molecule has 2 rings (SSSR count). The first-order chi connectivity index (χ1) is 14.5. The molecule has 0 spiro atoms. The largest absolute Gasteiger partial charge is 0.444 e. The van der Waals surface area contributed by atoms with Crippen molar-refractivity contribution in [3.63, 3.8) is 0 Å². The highest BCUT2D eigenvalue weighted by Gasteiger charge is 2.28. The number of amides is 4. The predicted octanol–water partition coefficient (Wildman–Crippen LogP) is 2.27. The van der Waals surface area contributed by atoms with Crippen LogP contribution in [-0.2, 0) is 14.3 Å². The van der Waals surface area contributed by atoms with Crippen LogP contribution >= 0.6 is 0 Å². The molecule has 1 aromatic rings. The van der Waals surface area contributed by atoms with E-state index >= 15 is 0 Å². The minimum atomic E-state index is -0.534. The van der Waals surface area contributed by atoms with Gasteiger partial charge in [-0.2, -0.15) is 0 Å². The van der Waals surface area contributed by atoms with Crippen LogP contribution in [-0.4, -0.2) is 54.0 Å². The molecule has 0 aliphatic carbocycles. The molecule has 1 saturated heterocycles. The Balaban J connectivity index is 1.85. The number of primary amides is 1. The summed E-state index contributed by atoms with van der Waals surface area (Å²) >= 11 is 0. The number of piperidine rings is 1. The summed E-state index contributed by atoms with van der Waals surface area (Å²) in [5, 5.41) is 5.42. The van der Waals surface area contributed by atoms with Gasteiger partial charge in [-0.1, -0.05) is 12.1 Å². The van der Waals surface area contributed by atoms with Gasteiger partial charge >= 0.3 is 6.09 Å². The summed E-state index contributed by atoms with van der Waals surface area (Å²) in [7, 11) is 0. The van der Waals surface area contributed by atoms with Crippen molar-refractivity contribution in [2.45, 2.75) is 52.1 Å². The van der Waals surface area contributed by atoms with E-state index in [-0.39, 0.29) is 36.8 Å². The summed E-state index contributed by atoms with van der Waals surface area (Å²) < 4.78 is 5.39. The van der Waals surface area contributed by atoms with Crippen LogP contribution in [0.3, 0.4) is 0 Å². The number of nitrogens with one attached hydrogen (secondary N) is 2. The SMILES string of the molecule is CC(C)(C)OC(=O)N1CCC(CC(=O)Nc2ccccc2C(=O)NCCC(N)=O)CC1. The fourth-order valence-electron chi connectivity index (χ4n) is 3.29. The van der Waals surface area contributed by atoms with E-state index in [4.69, 9.17) is 10.5 Å². The van der Waals surface area contributed by atoms with E-state index in [2.05, 4.69) is 10.6 Å². The zero-order valence-corrected chi connectivity index (χ0v) is 18.4. The third-order valence-corrected chi connectivity index (χ3v) is 4.84. The lowest BCUT2D eigenvalue weighted by atomic mass is 9.93. The second kappa shape index (κ2) is 10.8. The summed E-state index contributed by atoms with van der Waals surface area (Å²) in [4.78, 5) is 49.6. The van der Waals surface area contributed by atoms with Crippen LogP contribution in [0.2, 0.25) is 0 Å². The minimum absolute atomic E-state index is 0.0439. The average Bonchev–Trinajstić information content (AvgIpc) is 2.67. The highest BCUT2D eigenvalue weighted by Crippen LogP contribution is 2.23. The van der Waals surface area contributed by atoms with Crippen LogP contribution in [0.15, 0.2) is 24.3 Å². The first-order valence-electron chi connectivity index (χ1n) is 10.5. The van der Waals surface area contributed by atoms with Crippen molar-refractivity contribution >= 4 is 29.5 Å². The fraction of sp³-hybridized carbons (Fsp3) is 0.545. The topological polar surface area (TPSA) is 131 Å². The number of carbonyl (C=O) groups is 4. The molecular weight excluding hydrogens is 400 g/mol. The number of carbonyl (C=O) groups excluding carboxylic acids is 4. The number of ether oxygens (including phenoxy) is 1. The second-order valence-corrected chi connectivity index (χ2v) is 8.68. The number of para-hydroxylation sites is 1. The van der Waals surface area contributed by atoms with Crippen molar-refractivity contribution in [1.82, 2.24) is 10.2 Å². The van der Waals surface area contributed by atoms with Gasteiger partial charge in [-0.15, -0.1) is 0 Å². The van der Waals surface area contributed by atoms with Gasteiger partial charge in [-0.25, -0.2) is 4.79 Å². The summed E-state index contributed by atoms with van der Waals surface area (Å²) in [6.45, 7) is 6.72. The molecule has 0 radical (unpaired) electrons. The van der Waals surface area contributed by atoms with Crippen LogP contribution in [0.4, 0.5) is 10.5 Å². The lowest BCUT2D eigenvalue weighted by molar-refractivity contribution is -0.118. The van der Waals surface area contributed by atoms with Crippen molar-refractivity contribution in [2.75, 3.05) is 25.0 Å². The molecular formula is C22H32N4O5. The van der Waals surface area contributed by atoms with Gasteiger partial charge < -0.3 is 26.0 Å². The standard InChI is InChI=1S/C22H32N4O5/c1-22(2,3)31-21(30)26-12-9-15(10-13-26)14-19(28)25-17-7-5-4-6-16(17)20(29)24-11-8-18(23)27/h4-7,15H,8-14H2,1-3H3,(H2,23,27)(H,24,29)(H,25,28). The van der Waals surface area contributed by atoms with Crippen LogP contribution in [0.25, 0.3) is 0 Å². The zero-order valence-electron chi connectivity index (χ0n) is 18.4. The van der Waals surface area contributed by atoms with Crippen molar-refractivity contribution in [3.8, 4) is 0 Å². The molecule has 170 valence electrons. The average molecular weight is 433 g/mol. The summed E-state index contributed by atoms with van der Waals surface area (Å²) in [5.74, 6) is -0.925. The predicted molar refractivity (Wildman–Crippen MR) is 116 cm³/mol. The lowest BCUT2D eigenvalue weighted by Crippen LogP contribution is -2.42. The molecule has 1 aliphatic heterocycles. The van der Waals surface area contributed by atoms with E-state index in [1.165, 1.54) is 0 Å². The van der Waals surface area contributed by atoms with Gasteiger partial charge in [0.15, 0.2) is 0 Å². The Morgan fingerprint density at radius 3 is 2.39 bits per heavy atom. The number of rotatable bonds is 7. The van der Waals surface area contributed by atoms with Crippen molar-refractivity contribution < 1.29 is 23.9 Å². The molecule has 0 bridgehead atoms. The zero-order chi connectivity index (χ0) is 23.0. The Bertz CT molecular complexity index is 810. The van der Waals surface area contributed by atoms with Crippen molar-refractivity contribution in [1.29, 1.82) is 0 Å². The third kappa shape index (κ3) is 8.27. The Morgan fingerprint density at radius 1 is 1.13 bits per heavy atom. The first-order valence-corrected chi connectivity index (χ1v) is 10.5. The monoisotopic (exact) mass is 432 g/mol. The van der Waals surface area contributed by atoms with Gasteiger partial charge in [-0.3, -0.25) is 14.4 Å². The van der Waals surface area contributed by atoms with E-state index in [0.717, 1.165) is 0 Å². The summed E-state index contributed by atoms with van der Waals surface area (Å²) in [6, 6.07) is 6.70. The Morgan fingerprint density at radius 2 is 1.77 bits per heavy atom. The third-order valence-electron chi connectivity index (χ3n) is 4.84. The maximum Gasteiger partial charge on any atom is 0.410 e. The van der Waals surface area contributed by atoms with Gasteiger partial charge in [-0.05, 0) is 51.7 Å². The number of nitrogens with zero attached hydrogens (tertiary/aromatic N) is 1. The maximum absolute atomic E-state index is 12.6. The molecule has 1 aromatic carbocycles. The first kappa shape index (κ1) is 24.2. The second-order valence-electron chi connectivity index (χ2n) is 8.68. The number of hydrogen-bond donors (Lipinski definition) is 3. The molecule has 9 heteroatoms. The molecule has 9 nitrogen and oxygen atoms in total. The smallest absolute Gasteiger partial charge is 0.410 e. The molecule has 1 aliphatic rings. The molecule has 1 fully saturated rings. The van der Waals surface area contributed by atoms with E-state index in [1.54, 1.807) is 29.2 Å². The molecule has 0 unspecified atom stereocenters. The number of hydrogen-bond acceptors (Lipinski definition) is 5. The molecule has 4 N–H and O–H groups in total. The summed E-state index contributed by atoms with van der Waals surface area (Å²) in [6.07, 6.45) is 1.44.